The topological polar surface area (TPSA) is 89.0 Å². The van der Waals surface area contributed by atoms with Crippen molar-refractivity contribution in [3.8, 4) is 11.5 Å². The highest BCUT2D eigenvalue weighted by atomic mass is 19.2. The molecular weight excluding hydrogens is 451 g/mol. The Morgan fingerprint density at radius 1 is 1.06 bits per heavy atom. The molecule has 0 spiro atoms. The second-order valence-electron chi connectivity index (χ2n) is 7.59. The summed E-state index contributed by atoms with van der Waals surface area (Å²) in [7, 11) is 0. The van der Waals surface area contributed by atoms with Crippen LogP contribution >= 0.6 is 0 Å². The van der Waals surface area contributed by atoms with Crippen molar-refractivity contribution in [3.63, 3.8) is 0 Å². The zero-order valence-electron chi connectivity index (χ0n) is 17.4. The van der Waals surface area contributed by atoms with E-state index < -0.39 is 47.4 Å². The molecule has 0 fully saturated rings. The van der Waals surface area contributed by atoms with Crippen LogP contribution in [-0.4, -0.2) is 30.5 Å². The van der Waals surface area contributed by atoms with E-state index >= 15 is 0 Å². The Morgan fingerprint density at radius 3 is 2.71 bits per heavy atom. The van der Waals surface area contributed by atoms with Gasteiger partial charge in [0.05, 0.1) is 17.8 Å². The van der Waals surface area contributed by atoms with Crippen molar-refractivity contribution >= 4 is 23.2 Å². The van der Waals surface area contributed by atoms with Gasteiger partial charge in [0.15, 0.2) is 23.1 Å². The molecule has 172 valence electrons. The van der Waals surface area contributed by atoms with E-state index in [1.54, 1.807) is 42.5 Å². The fourth-order valence-corrected chi connectivity index (χ4v) is 3.74. The average molecular weight is 467 g/mol. The lowest BCUT2D eigenvalue weighted by Crippen LogP contribution is -2.43. The maximum Gasteiger partial charge on any atom is 0.269 e. The molecule has 2 aliphatic rings. The number of ether oxygens (including phenoxy) is 2. The minimum atomic E-state index is -1.41. The molecule has 7 nitrogen and oxygen atoms in total. The number of benzodiazepines with no additional fused rings is 1. The molecule has 34 heavy (non-hydrogen) atoms. The van der Waals surface area contributed by atoms with Gasteiger partial charge >= 0.3 is 0 Å². The van der Waals surface area contributed by atoms with E-state index in [9.17, 15) is 22.8 Å². The maximum absolute atomic E-state index is 14.0. The molecule has 10 heteroatoms. The summed E-state index contributed by atoms with van der Waals surface area (Å²) in [6.07, 6.45) is -2.08. The van der Waals surface area contributed by atoms with Gasteiger partial charge in [-0.3, -0.25) is 9.59 Å². The largest absolute Gasteiger partial charge is 0.454 e. The van der Waals surface area contributed by atoms with Gasteiger partial charge in [0.1, 0.15) is 5.82 Å². The van der Waals surface area contributed by atoms with Crippen LogP contribution in [-0.2, 0) is 16.0 Å². The van der Waals surface area contributed by atoms with Crippen LogP contribution in [0, 0.1) is 17.5 Å². The van der Waals surface area contributed by atoms with Crippen LogP contribution < -0.4 is 20.1 Å². The van der Waals surface area contributed by atoms with Gasteiger partial charge in [-0.2, -0.15) is 0 Å². The lowest BCUT2D eigenvalue weighted by Gasteiger charge is -2.14. The smallest absolute Gasteiger partial charge is 0.269 e. The number of carbonyl (C=O) groups excluding carboxylic acids is 2. The van der Waals surface area contributed by atoms with Crippen LogP contribution in [0.5, 0.6) is 11.5 Å². The quantitative estimate of drug-likeness (QED) is 0.577. The zero-order valence-corrected chi connectivity index (χ0v) is 17.4. The second kappa shape index (κ2) is 8.54. The van der Waals surface area contributed by atoms with Gasteiger partial charge in [0.25, 0.3) is 5.91 Å². The predicted octanol–water partition coefficient (Wildman–Crippen LogP) is 3.31. The molecule has 0 saturated heterocycles. The second-order valence-corrected chi connectivity index (χ2v) is 7.59. The van der Waals surface area contributed by atoms with E-state index in [1.807, 2.05) is 0 Å². The molecule has 3 aromatic rings. The third-order valence-electron chi connectivity index (χ3n) is 5.31. The van der Waals surface area contributed by atoms with Crippen molar-refractivity contribution in [2.24, 2.45) is 4.99 Å². The summed E-state index contributed by atoms with van der Waals surface area (Å²) >= 11 is 0. The number of fused-ring (bicyclic) bond motifs is 2. The predicted molar refractivity (Wildman–Crippen MR) is 115 cm³/mol. The number of aliphatic imine (C=N–C) groups is 1. The lowest BCUT2D eigenvalue weighted by molar-refractivity contribution is -0.125. The van der Waals surface area contributed by atoms with E-state index in [1.165, 1.54) is 0 Å². The molecule has 3 aromatic carbocycles. The number of nitrogens with zero attached hydrogens (tertiary/aromatic N) is 1. The molecule has 5 rings (SSSR count). The molecule has 0 aliphatic carbocycles. The fraction of sp³-hybridized carbons (Fsp3) is 0.125. The van der Waals surface area contributed by atoms with E-state index in [-0.39, 0.29) is 6.79 Å². The number of carbonyl (C=O) groups is 2. The number of hydrogen-bond acceptors (Lipinski definition) is 5. The van der Waals surface area contributed by atoms with Gasteiger partial charge < -0.3 is 20.1 Å². The summed E-state index contributed by atoms with van der Waals surface area (Å²) in [5.74, 6) is -4.17. The number of amides is 2. The number of rotatable bonds is 4. The van der Waals surface area contributed by atoms with Crippen molar-refractivity contribution in [1.29, 1.82) is 0 Å². The first-order chi connectivity index (χ1) is 16.4. The summed E-state index contributed by atoms with van der Waals surface area (Å²) in [6, 6.07) is 13.2. The van der Waals surface area contributed by atoms with Crippen molar-refractivity contribution in [2.75, 3.05) is 12.1 Å². The van der Waals surface area contributed by atoms with Crippen molar-refractivity contribution in [3.05, 3.63) is 88.7 Å². The van der Waals surface area contributed by atoms with Crippen molar-refractivity contribution in [2.45, 2.75) is 12.6 Å². The van der Waals surface area contributed by atoms with E-state index in [4.69, 9.17) is 9.47 Å². The first kappa shape index (κ1) is 21.5. The highest BCUT2D eigenvalue weighted by molar-refractivity contribution is 6.20. The molecular formula is C24H16F3N3O4. The molecule has 0 bridgehead atoms. The van der Waals surface area contributed by atoms with Gasteiger partial charge in [-0.05, 0) is 30.3 Å². The highest BCUT2D eigenvalue weighted by Crippen LogP contribution is 2.34. The Bertz CT molecular complexity index is 1360. The summed E-state index contributed by atoms with van der Waals surface area (Å²) in [6.45, 7) is 0.0812. The van der Waals surface area contributed by atoms with E-state index in [0.29, 0.717) is 40.1 Å². The first-order valence-corrected chi connectivity index (χ1v) is 10.2. The van der Waals surface area contributed by atoms with Gasteiger partial charge in [-0.1, -0.05) is 18.2 Å². The van der Waals surface area contributed by atoms with Crippen LogP contribution in [0.25, 0.3) is 0 Å². The first-order valence-electron chi connectivity index (χ1n) is 10.2. The Hall–Kier alpha value is -4.34. The fourth-order valence-electron chi connectivity index (χ4n) is 3.74. The SMILES string of the molecule is O=C(Cc1cc(F)cc(F)c1F)NC1N=C(c2ccc3c(c2)OCO3)c2ccccc2NC1=O. The van der Waals surface area contributed by atoms with Crippen molar-refractivity contribution < 1.29 is 32.2 Å². The molecule has 0 aromatic heterocycles. The van der Waals surface area contributed by atoms with Gasteiger partial charge in [0.2, 0.25) is 18.9 Å². The monoisotopic (exact) mass is 467 g/mol. The minimum absolute atomic E-state index is 0.0812. The third kappa shape index (κ3) is 4.05. The molecule has 2 aliphatic heterocycles. The lowest BCUT2D eigenvalue weighted by atomic mass is 10.0. The standard InChI is InChI=1S/C24H16F3N3O4/c25-14-7-13(21(27)16(26)10-14)9-20(31)29-23-24(32)28-17-4-2-1-3-15(17)22(30-23)12-5-6-18-19(8-12)34-11-33-18/h1-8,10,23H,9,11H2,(H,28,32)(H,29,31). The average Bonchev–Trinajstić information content (AvgIpc) is 3.23. The van der Waals surface area contributed by atoms with Gasteiger partial charge in [0, 0.05) is 22.8 Å². The summed E-state index contributed by atoms with van der Waals surface area (Å²) in [5.41, 5.74) is 1.59. The maximum atomic E-state index is 14.0. The molecule has 1 unspecified atom stereocenters. The number of anilines is 1. The molecule has 2 amide bonds. The normalized spacial score (nSPS) is 16.3. The minimum Gasteiger partial charge on any atom is -0.454 e. The van der Waals surface area contributed by atoms with E-state index in [2.05, 4.69) is 15.6 Å². The van der Waals surface area contributed by atoms with Crippen LogP contribution in [0.4, 0.5) is 18.9 Å². The molecule has 0 radical (unpaired) electrons. The Morgan fingerprint density at radius 2 is 1.85 bits per heavy atom. The molecule has 2 N–H and O–H groups in total. The number of halogens is 3. The van der Waals surface area contributed by atoms with Crippen LogP contribution in [0.3, 0.4) is 0 Å². The van der Waals surface area contributed by atoms with Crippen LogP contribution in [0.1, 0.15) is 16.7 Å². The van der Waals surface area contributed by atoms with Crippen LogP contribution in [0.15, 0.2) is 59.6 Å². The Kier molecular flexibility index (Phi) is 5.40. The molecule has 2 heterocycles. The summed E-state index contributed by atoms with van der Waals surface area (Å²) < 4.78 is 51.7. The highest BCUT2D eigenvalue weighted by Gasteiger charge is 2.28. The van der Waals surface area contributed by atoms with Gasteiger partial charge in [-0.15, -0.1) is 0 Å². The van der Waals surface area contributed by atoms with E-state index in [0.717, 1.165) is 6.07 Å². The summed E-state index contributed by atoms with van der Waals surface area (Å²) in [5, 5.41) is 5.11. The van der Waals surface area contributed by atoms with Crippen molar-refractivity contribution in [1.82, 2.24) is 5.32 Å². The Labute approximate surface area is 191 Å². The Balaban J connectivity index is 1.48. The molecule has 1 atom stereocenters. The van der Waals surface area contributed by atoms with Crippen LogP contribution in [0.2, 0.25) is 0 Å². The number of nitrogens with one attached hydrogen (secondary N) is 2. The summed E-state index contributed by atoms with van der Waals surface area (Å²) in [4.78, 5) is 29.9. The van der Waals surface area contributed by atoms with Gasteiger partial charge in [-0.25, -0.2) is 18.2 Å². The molecule has 0 saturated carbocycles. The number of hydrogen-bond donors (Lipinski definition) is 2. The third-order valence-corrected chi connectivity index (χ3v) is 5.31. The number of para-hydroxylation sites is 1. The number of benzene rings is 3. The zero-order chi connectivity index (χ0) is 23.8.